The molecular formula is C14H20N2O2S. The highest BCUT2D eigenvalue weighted by molar-refractivity contribution is 7.80. The number of amides is 1. The van der Waals surface area contributed by atoms with E-state index in [0.29, 0.717) is 17.2 Å². The first-order chi connectivity index (χ1) is 8.83. The Balaban J connectivity index is 2.38. The molecule has 1 rings (SSSR count). The molecule has 0 radical (unpaired) electrons. The van der Waals surface area contributed by atoms with Crippen LogP contribution in [0.1, 0.15) is 37.0 Å². The third kappa shape index (κ3) is 4.87. The molecule has 0 aromatic heterocycles. The number of thiocarbonyl (C=S) groups is 1. The Kier molecular flexibility index (Phi) is 5.30. The molecule has 1 aromatic carbocycles. The Morgan fingerprint density at radius 2 is 1.84 bits per heavy atom. The Morgan fingerprint density at radius 3 is 2.32 bits per heavy atom. The second kappa shape index (κ2) is 6.52. The van der Waals surface area contributed by atoms with Crippen molar-refractivity contribution in [3.8, 4) is 5.75 Å². The highest BCUT2D eigenvalue weighted by atomic mass is 32.1. The first-order valence-corrected chi connectivity index (χ1v) is 6.56. The summed E-state index contributed by atoms with van der Waals surface area (Å²) in [6.07, 6.45) is 1.74. The van der Waals surface area contributed by atoms with E-state index >= 15 is 0 Å². The summed E-state index contributed by atoms with van der Waals surface area (Å²) in [7, 11) is 0. The number of carbonyl (C=O) groups is 1. The van der Waals surface area contributed by atoms with Gasteiger partial charge in [0.2, 0.25) is 5.91 Å². The first kappa shape index (κ1) is 15.4. The van der Waals surface area contributed by atoms with E-state index in [1.807, 2.05) is 13.8 Å². The van der Waals surface area contributed by atoms with Crippen molar-refractivity contribution in [3.63, 3.8) is 0 Å². The third-order valence-corrected chi connectivity index (χ3v) is 3.57. The minimum Gasteiger partial charge on any atom is -0.494 e. The Bertz CT molecular complexity index is 455. The zero-order chi connectivity index (χ0) is 14.5. The summed E-state index contributed by atoms with van der Waals surface area (Å²) in [5, 5.41) is 0. The summed E-state index contributed by atoms with van der Waals surface area (Å²) in [5.41, 5.74) is 11.1. The largest absolute Gasteiger partial charge is 0.494 e. The Labute approximate surface area is 119 Å². The van der Waals surface area contributed by atoms with Gasteiger partial charge in [0.15, 0.2) is 0 Å². The van der Waals surface area contributed by atoms with Crippen LogP contribution in [0.4, 0.5) is 0 Å². The number of ether oxygens (including phenoxy) is 1. The van der Waals surface area contributed by atoms with Crippen LogP contribution < -0.4 is 16.2 Å². The molecule has 0 aliphatic carbocycles. The van der Waals surface area contributed by atoms with Crippen LogP contribution in [0.5, 0.6) is 5.75 Å². The van der Waals surface area contributed by atoms with Crippen LogP contribution in [0, 0.1) is 5.41 Å². The lowest BCUT2D eigenvalue weighted by atomic mass is 9.88. The van der Waals surface area contributed by atoms with Crippen molar-refractivity contribution in [2.45, 2.75) is 26.7 Å². The van der Waals surface area contributed by atoms with Crippen molar-refractivity contribution in [1.29, 1.82) is 0 Å². The van der Waals surface area contributed by atoms with Crippen molar-refractivity contribution >= 4 is 23.1 Å². The molecule has 4 N–H and O–H groups in total. The van der Waals surface area contributed by atoms with E-state index in [9.17, 15) is 4.79 Å². The van der Waals surface area contributed by atoms with Crippen LogP contribution in [-0.4, -0.2) is 17.5 Å². The van der Waals surface area contributed by atoms with E-state index in [1.165, 1.54) is 0 Å². The normalized spacial score (nSPS) is 11.1. The van der Waals surface area contributed by atoms with Crippen LogP contribution in [0.3, 0.4) is 0 Å². The maximum absolute atomic E-state index is 10.9. The van der Waals surface area contributed by atoms with Crippen molar-refractivity contribution < 1.29 is 9.53 Å². The molecule has 0 aliphatic rings. The van der Waals surface area contributed by atoms with Gasteiger partial charge in [-0.05, 0) is 37.1 Å². The van der Waals surface area contributed by atoms with Crippen molar-refractivity contribution in [2.75, 3.05) is 6.61 Å². The maximum atomic E-state index is 10.9. The standard InChI is InChI=1S/C14H20N2O2S/c1-14(2,13(16)19)8-3-9-18-11-6-4-10(5-7-11)12(15)17/h4-7H,3,8-9H2,1-2H3,(H2,15,17)(H2,16,19). The smallest absolute Gasteiger partial charge is 0.248 e. The molecule has 5 heteroatoms. The van der Waals surface area contributed by atoms with Crippen molar-refractivity contribution in [2.24, 2.45) is 16.9 Å². The van der Waals surface area contributed by atoms with Gasteiger partial charge in [-0.15, -0.1) is 0 Å². The molecule has 0 atom stereocenters. The molecule has 4 nitrogen and oxygen atoms in total. The van der Waals surface area contributed by atoms with E-state index in [1.54, 1.807) is 24.3 Å². The molecule has 0 aliphatic heterocycles. The zero-order valence-electron chi connectivity index (χ0n) is 11.3. The summed E-state index contributed by atoms with van der Waals surface area (Å²) < 4.78 is 5.58. The van der Waals surface area contributed by atoms with Gasteiger partial charge in [-0.1, -0.05) is 26.1 Å². The molecule has 0 saturated carbocycles. The molecule has 0 spiro atoms. The van der Waals surface area contributed by atoms with Gasteiger partial charge in [-0.3, -0.25) is 4.79 Å². The van der Waals surface area contributed by atoms with E-state index < -0.39 is 5.91 Å². The van der Waals surface area contributed by atoms with E-state index in [4.69, 9.17) is 28.4 Å². The lowest BCUT2D eigenvalue weighted by Crippen LogP contribution is -2.30. The second-order valence-electron chi connectivity index (χ2n) is 5.09. The van der Waals surface area contributed by atoms with Crippen LogP contribution in [0.25, 0.3) is 0 Å². The van der Waals surface area contributed by atoms with Crippen LogP contribution >= 0.6 is 12.2 Å². The van der Waals surface area contributed by atoms with Gasteiger partial charge in [0.25, 0.3) is 0 Å². The number of benzene rings is 1. The maximum Gasteiger partial charge on any atom is 0.248 e. The molecule has 1 amide bonds. The minimum absolute atomic E-state index is 0.144. The molecular weight excluding hydrogens is 260 g/mol. The second-order valence-corrected chi connectivity index (χ2v) is 5.53. The average molecular weight is 280 g/mol. The van der Waals surface area contributed by atoms with E-state index in [-0.39, 0.29) is 5.41 Å². The first-order valence-electron chi connectivity index (χ1n) is 6.15. The van der Waals surface area contributed by atoms with Gasteiger partial charge in [0, 0.05) is 11.0 Å². The number of primary amides is 1. The molecule has 1 aromatic rings. The monoisotopic (exact) mass is 280 g/mol. The number of rotatable bonds is 7. The van der Waals surface area contributed by atoms with Crippen LogP contribution in [0.15, 0.2) is 24.3 Å². The van der Waals surface area contributed by atoms with Gasteiger partial charge >= 0.3 is 0 Å². The quantitative estimate of drug-likeness (QED) is 0.593. The van der Waals surface area contributed by atoms with Crippen molar-refractivity contribution in [1.82, 2.24) is 0 Å². The van der Waals surface area contributed by atoms with Gasteiger partial charge in [-0.25, -0.2) is 0 Å². The van der Waals surface area contributed by atoms with Crippen LogP contribution in [-0.2, 0) is 0 Å². The SMILES string of the molecule is CC(C)(CCCOc1ccc(C(N)=O)cc1)C(N)=S. The third-order valence-electron chi connectivity index (χ3n) is 3.02. The highest BCUT2D eigenvalue weighted by Crippen LogP contribution is 2.22. The molecule has 0 bridgehead atoms. The van der Waals surface area contributed by atoms with Gasteiger partial charge in [0.05, 0.1) is 11.6 Å². The summed E-state index contributed by atoms with van der Waals surface area (Å²) in [5.74, 6) is 0.280. The van der Waals surface area contributed by atoms with Gasteiger partial charge < -0.3 is 16.2 Å². The highest BCUT2D eigenvalue weighted by Gasteiger charge is 2.20. The summed E-state index contributed by atoms with van der Waals surface area (Å²) >= 11 is 5.01. The fourth-order valence-electron chi connectivity index (χ4n) is 1.54. The molecule has 0 heterocycles. The minimum atomic E-state index is -0.440. The number of hydrogen-bond donors (Lipinski definition) is 2. The molecule has 0 fully saturated rings. The summed E-state index contributed by atoms with van der Waals surface area (Å²) in [6, 6.07) is 6.77. The fourth-order valence-corrected chi connectivity index (χ4v) is 1.64. The van der Waals surface area contributed by atoms with E-state index in [0.717, 1.165) is 18.6 Å². The van der Waals surface area contributed by atoms with Crippen molar-refractivity contribution in [3.05, 3.63) is 29.8 Å². The van der Waals surface area contributed by atoms with Gasteiger partial charge in [-0.2, -0.15) is 0 Å². The number of carbonyl (C=O) groups excluding carboxylic acids is 1. The molecule has 104 valence electrons. The summed E-state index contributed by atoms with van der Waals surface area (Å²) in [6.45, 7) is 4.63. The lowest BCUT2D eigenvalue weighted by molar-refractivity contribution is 0.100. The number of hydrogen-bond acceptors (Lipinski definition) is 3. The Morgan fingerprint density at radius 1 is 1.26 bits per heavy atom. The van der Waals surface area contributed by atoms with Gasteiger partial charge in [0.1, 0.15) is 5.75 Å². The average Bonchev–Trinajstić information content (AvgIpc) is 2.35. The Hall–Kier alpha value is -1.62. The number of nitrogens with two attached hydrogens (primary N) is 2. The van der Waals surface area contributed by atoms with E-state index in [2.05, 4.69) is 0 Å². The molecule has 19 heavy (non-hydrogen) atoms. The van der Waals surface area contributed by atoms with Crippen LogP contribution in [0.2, 0.25) is 0 Å². The fraction of sp³-hybridized carbons (Fsp3) is 0.429. The molecule has 0 unspecified atom stereocenters. The lowest BCUT2D eigenvalue weighted by Gasteiger charge is -2.22. The predicted molar refractivity (Wildman–Crippen MR) is 80.3 cm³/mol. The zero-order valence-corrected chi connectivity index (χ0v) is 12.1. The molecule has 0 saturated heterocycles. The topological polar surface area (TPSA) is 78.3 Å². The summed E-state index contributed by atoms with van der Waals surface area (Å²) in [4.78, 5) is 11.4. The predicted octanol–water partition coefficient (Wildman–Crippen LogP) is 2.26.